The summed E-state index contributed by atoms with van der Waals surface area (Å²) in [5.74, 6) is -2.74. The number of ether oxygens (including phenoxy) is 1. The molecule has 0 unspecified atom stereocenters. The maximum atomic E-state index is 16.8. The average Bonchev–Trinajstić information content (AvgIpc) is 3.82. The first-order valence-electron chi connectivity index (χ1n) is 15.3. The highest BCUT2D eigenvalue weighted by molar-refractivity contribution is 7.23. The minimum Gasteiger partial charge on any atom is -0.461 e. The SMILES string of the molecule is C=CC(=O)N1CC[C@H](N(C)c2nc(OC[C@@]34CCCN3C[C@H](F)C4)nc3c(F)c(-c4ccc(F)c5sc(N)c(C#N)c45)c(F)cc23)C1. The monoisotopic (exact) mass is 665 g/mol. The van der Waals surface area contributed by atoms with Gasteiger partial charge in [-0.1, -0.05) is 12.6 Å². The molecule has 2 aromatic carbocycles. The zero-order valence-electron chi connectivity index (χ0n) is 25.5. The molecule has 3 saturated heterocycles. The molecule has 0 saturated carbocycles. The Bertz CT molecular complexity index is 2000. The molecule has 1 amide bonds. The molecule has 0 aliphatic carbocycles. The van der Waals surface area contributed by atoms with E-state index in [1.807, 2.05) is 6.07 Å². The highest BCUT2D eigenvalue weighted by Crippen LogP contribution is 2.45. The van der Waals surface area contributed by atoms with Crippen LogP contribution in [0.3, 0.4) is 0 Å². The third kappa shape index (κ3) is 5.03. The number of benzene rings is 2. The van der Waals surface area contributed by atoms with Crippen molar-refractivity contribution >= 4 is 49.1 Å². The number of hydrogen-bond donors (Lipinski definition) is 1. The fourth-order valence-corrected chi connectivity index (χ4v) is 8.41. The Morgan fingerprint density at radius 1 is 1.28 bits per heavy atom. The number of aromatic nitrogens is 2. The first-order valence-corrected chi connectivity index (χ1v) is 16.1. The van der Waals surface area contributed by atoms with E-state index in [9.17, 15) is 18.8 Å². The van der Waals surface area contributed by atoms with Crippen molar-refractivity contribution in [1.29, 1.82) is 5.26 Å². The number of rotatable bonds is 7. The topological polar surface area (TPSA) is 112 Å². The van der Waals surface area contributed by atoms with Gasteiger partial charge in [0, 0.05) is 49.9 Å². The van der Waals surface area contributed by atoms with Gasteiger partial charge in [-0.2, -0.15) is 15.2 Å². The van der Waals surface area contributed by atoms with E-state index in [1.165, 1.54) is 12.1 Å². The van der Waals surface area contributed by atoms with Crippen LogP contribution in [-0.2, 0) is 4.79 Å². The van der Waals surface area contributed by atoms with Crippen LogP contribution in [0.5, 0.6) is 6.01 Å². The van der Waals surface area contributed by atoms with Gasteiger partial charge in [0.1, 0.15) is 46.8 Å². The number of fused-ring (bicyclic) bond motifs is 3. The largest absolute Gasteiger partial charge is 0.461 e. The molecule has 0 spiro atoms. The van der Waals surface area contributed by atoms with Crippen molar-refractivity contribution in [2.45, 2.75) is 43.4 Å². The first kappa shape index (κ1) is 31.1. The molecule has 7 rings (SSSR count). The van der Waals surface area contributed by atoms with Crippen LogP contribution in [0.2, 0.25) is 0 Å². The van der Waals surface area contributed by atoms with Gasteiger partial charge < -0.3 is 20.3 Å². The fourth-order valence-electron chi connectivity index (χ4n) is 7.46. The Kier molecular flexibility index (Phi) is 7.71. The molecule has 0 bridgehead atoms. The van der Waals surface area contributed by atoms with Gasteiger partial charge in [-0.25, -0.2) is 17.6 Å². The zero-order valence-corrected chi connectivity index (χ0v) is 26.3. The fraction of sp³-hybridized carbons (Fsp3) is 0.394. The van der Waals surface area contributed by atoms with E-state index in [-0.39, 0.29) is 67.5 Å². The molecule has 2 N–H and O–H groups in total. The number of nitrogens with zero attached hydrogens (tertiary/aromatic N) is 6. The minimum atomic E-state index is -1.05. The lowest BCUT2D eigenvalue weighted by molar-refractivity contribution is -0.125. The van der Waals surface area contributed by atoms with Crippen molar-refractivity contribution < 1.29 is 27.1 Å². The molecule has 5 heterocycles. The van der Waals surface area contributed by atoms with Crippen molar-refractivity contribution in [2.24, 2.45) is 0 Å². The first-order chi connectivity index (χ1) is 22.5. The number of likely N-dealkylation sites (tertiary alicyclic amines) is 1. The number of halogens is 4. The van der Waals surface area contributed by atoms with E-state index in [2.05, 4.69) is 21.4 Å². The number of nitrogens with two attached hydrogens (primary N) is 1. The van der Waals surface area contributed by atoms with Crippen molar-refractivity contribution in [2.75, 3.05) is 50.5 Å². The van der Waals surface area contributed by atoms with Gasteiger partial charge in [0.2, 0.25) is 5.91 Å². The van der Waals surface area contributed by atoms with E-state index < -0.39 is 34.7 Å². The van der Waals surface area contributed by atoms with Gasteiger partial charge in [-0.15, -0.1) is 11.3 Å². The van der Waals surface area contributed by atoms with Gasteiger partial charge in [-0.05, 0) is 49.6 Å². The van der Waals surface area contributed by atoms with Gasteiger partial charge >= 0.3 is 6.01 Å². The van der Waals surface area contributed by atoms with E-state index in [4.69, 9.17) is 10.5 Å². The predicted octanol–water partition coefficient (Wildman–Crippen LogP) is 5.56. The Balaban J connectivity index is 1.37. The van der Waals surface area contributed by atoms with Gasteiger partial charge in [0.25, 0.3) is 0 Å². The van der Waals surface area contributed by atoms with Crippen LogP contribution in [0.15, 0.2) is 30.9 Å². The smallest absolute Gasteiger partial charge is 0.319 e. The molecule has 47 heavy (non-hydrogen) atoms. The summed E-state index contributed by atoms with van der Waals surface area (Å²) in [6, 6.07) is 4.93. The number of carbonyl (C=O) groups is 1. The molecule has 2 aromatic heterocycles. The van der Waals surface area contributed by atoms with Crippen LogP contribution < -0.4 is 15.4 Å². The molecule has 3 atom stereocenters. The predicted molar refractivity (Wildman–Crippen MR) is 171 cm³/mol. The molecule has 14 heteroatoms. The highest BCUT2D eigenvalue weighted by Gasteiger charge is 2.49. The number of anilines is 2. The number of thiophene rings is 1. The molecule has 4 aromatic rings. The van der Waals surface area contributed by atoms with Crippen LogP contribution in [0, 0.1) is 28.8 Å². The third-order valence-electron chi connectivity index (χ3n) is 9.80. The van der Waals surface area contributed by atoms with Crippen molar-refractivity contribution in [3.63, 3.8) is 0 Å². The van der Waals surface area contributed by atoms with Crippen LogP contribution in [0.4, 0.5) is 28.4 Å². The van der Waals surface area contributed by atoms with Gasteiger partial charge in [0.05, 0.1) is 21.4 Å². The van der Waals surface area contributed by atoms with Crippen molar-refractivity contribution in [3.8, 4) is 23.2 Å². The lowest BCUT2D eigenvalue weighted by Gasteiger charge is -2.31. The van der Waals surface area contributed by atoms with E-state index in [0.717, 1.165) is 42.9 Å². The second kappa shape index (κ2) is 11.6. The molecular weight excluding hydrogens is 634 g/mol. The second-order valence-electron chi connectivity index (χ2n) is 12.4. The summed E-state index contributed by atoms with van der Waals surface area (Å²) in [5, 5.41) is 9.88. The summed E-state index contributed by atoms with van der Waals surface area (Å²) in [4.78, 5) is 26.8. The van der Waals surface area contributed by atoms with Crippen molar-refractivity contribution in [3.05, 3.63) is 53.9 Å². The number of likely N-dealkylation sites (N-methyl/N-ethyl adjacent to an activating group) is 1. The lowest BCUT2D eigenvalue weighted by atomic mass is 9.95. The Hall–Kier alpha value is -4.48. The van der Waals surface area contributed by atoms with Gasteiger partial charge in [0.15, 0.2) is 5.82 Å². The second-order valence-corrected chi connectivity index (χ2v) is 13.5. The summed E-state index contributed by atoms with van der Waals surface area (Å²) < 4.78 is 68.3. The number of carbonyl (C=O) groups excluding carboxylic acids is 1. The van der Waals surface area contributed by atoms with Crippen LogP contribution >= 0.6 is 11.3 Å². The average molecular weight is 666 g/mol. The van der Waals surface area contributed by atoms with Crippen LogP contribution in [-0.4, -0.2) is 83.3 Å². The van der Waals surface area contributed by atoms with Crippen LogP contribution in [0.1, 0.15) is 31.2 Å². The van der Waals surface area contributed by atoms with E-state index in [0.29, 0.717) is 32.5 Å². The number of alkyl halides is 1. The molecule has 0 radical (unpaired) electrons. The molecule has 3 fully saturated rings. The van der Waals surface area contributed by atoms with Crippen LogP contribution in [0.25, 0.3) is 32.1 Å². The maximum Gasteiger partial charge on any atom is 0.319 e. The summed E-state index contributed by atoms with van der Waals surface area (Å²) in [6.07, 6.45) is 2.76. The Morgan fingerprint density at radius 2 is 2.09 bits per heavy atom. The molecular formula is C33H31F4N7O2S. The Labute approximate surface area is 271 Å². The van der Waals surface area contributed by atoms with Gasteiger partial charge in [-0.3, -0.25) is 9.69 Å². The standard InChI is InChI=1S/C33H31F4N7O2S/c1-3-24(45)43-10-7-18(15-43)42(2)31-20-11-23(36)26(19-5-6-22(35)29-25(19)21(13-38)30(39)47-29)27(37)28(20)40-32(41-31)46-16-33-8-4-9-44(33)14-17(34)12-33/h3,5-6,11,17-18H,1,4,7-10,12,14-16,39H2,2H3/t17-,18+,33+/m1/s1. The van der Waals surface area contributed by atoms with Crippen molar-refractivity contribution in [1.82, 2.24) is 19.8 Å². The number of amides is 1. The summed E-state index contributed by atoms with van der Waals surface area (Å²) in [5.41, 5.74) is 4.58. The highest BCUT2D eigenvalue weighted by atomic mass is 32.1. The molecule has 3 aliphatic heterocycles. The van der Waals surface area contributed by atoms with E-state index in [1.54, 1.807) is 16.8 Å². The number of hydrogen-bond acceptors (Lipinski definition) is 9. The minimum absolute atomic E-state index is 0.00513. The summed E-state index contributed by atoms with van der Waals surface area (Å²) in [7, 11) is 1.72. The third-order valence-corrected chi connectivity index (χ3v) is 10.8. The van der Waals surface area contributed by atoms with E-state index >= 15 is 8.78 Å². The number of nitriles is 1. The molecule has 9 nitrogen and oxygen atoms in total. The zero-order chi connectivity index (χ0) is 33.2. The maximum absolute atomic E-state index is 16.8. The summed E-state index contributed by atoms with van der Waals surface area (Å²) >= 11 is 0.825. The molecule has 3 aliphatic rings. The lowest BCUT2D eigenvalue weighted by Crippen LogP contribution is -2.43. The molecule has 244 valence electrons. The quantitative estimate of drug-likeness (QED) is 0.202. The summed E-state index contributed by atoms with van der Waals surface area (Å²) in [6.45, 7) is 5.51. The number of nitrogen functional groups attached to an aromatic ring is 1. The Morgan fingerprint density at radius 3 is 2.85 bits per heavy atom. The normalized spacial score (nSPS) is 22.6.